The molecule has 122 valence electrons. The van der Waals surface area contributed by atoms with Crippen LogP contribution in [0, 0.1) is 0 Å². The van der Waals surface area contributed by atoms with Gasteiger partial charge < -0.3 is 9.47 Å². The molecule has 0 amide bonds. The highest BCUT2D eigenvalue weighted by atomic mass is 16.6. The maximum Gasteiger partial charge on any atom is 0.435 e. The van der Waals surface area contributed by atoms with Gasteiger partial charge in [-0.05, 0) is 39.8 Å². The number of carbonyl (C=O) groups excluding carboxylic acids is 2. The molecule has 0 spiro atoms. The highest BCUT2D eigenvalue weighted by Gasteiger charge is 2.21. The van der Waals surface area contributed by atoms with Crippen LogP contribution in [0.15, 0.2) is 30.3 Å². The second kappa shape index (κ2) is 6.64. The molecule has 6 heteroatoms. The van der Waals surface area contributed by atoms with Gasteiger partial charge in [0.25, 0.3) is 0 Å². The smallest absolute Gasteiger partial charge is 0.435 e. The molecule has 0 aliphatic heterocycles. The molecular weight excluding hydrogens is 296 g/mol. The summed E-state index contributed by atoms with van der Waals surface area (Å²) in [5.74, 6) is -0.455. The number of carbonyl (C=O) groups is 2. The number of aromatic nitrogens is 2. The zero-order valence-electron chi connectivity index (χ0n) is 13.7. The number of nitrogens with zero attached hydrogens (tertiary/aromatic N) is 2. The average Bonchev–Trinajstić information content (AvgIpc) is 2.83. The summed E-state index contributed by atoms with van der Waals surface area (Å²) in [5, 5.41) is 5.00. The van der Waals surface area contributed by atoms with E-state index < -0.39 is 17.7 Å². The molecule has 0 bridgehead atoms. The van der Waals surface area contributed by atoms with Gasteiger partial charge in [0.15, 0.2) is 0 Å². The Balaban J connectivity index is 2.40. The first-order valence-corrected chi connectivity index (χ1v) is 7.38. The van der Waals surface area contributed by atoms with Crippen molar-refractivity contribution in [2.45, 2.75) is 33.3 Å². The molecular formula is C17H20N2O4. The molecule has 0 unspecified atom stereocenters. The van der Waals surface area contributed by atoms with Gasteiger partial charge in [-0.3, -0.25) is 0 Å². The minimum Gasteiger partial charge on any atom is -0.463 e. The summed E-state index contributed by atoms with van der Waals surface area (Å²) >= 11 is 0. The number of para-hydroxylation sites is 1. The van der Waals surface area contributed by atoms with Crippen LogP contribution in [-0.2, 0) is 14.3 Å². The van der Waals surface area contributed by atoms with Crippen LogP contribution in [-0.4, -0.2) is 34.1 Å². The Morgan fingerprint density at radius 2 is 1.96 bits per heavy atom. The van der Waals surface area contributed by atoms with Crippen LogP contribution in [0.5, 0.6) is 0 Å². The van der Waals surface area contributed by atoms with Gasteiger partial charge in [0.05, 0.1) is 17.8 Å². The molecule has 0 aliphatic rings. The lowest BCUT2D eigenvalue weighted by molar-refractivity contribution is -0.137. The third kappa shape index (κ3) is 4.18. The van der Waals surface area contributed by atoms with Crippen molar-refractivity contribution in [1.29, 1.82) is 0 Å². The summed E-state index contributed by atoms with van der Waals surface area (Å²) in [6.45, 7) is 7.41. The van der Waals surface area contributed by atoms with Crippen molar-refractivity contribution in [2.24, 2.45) is 0 Å². The maximum absolute atomic E-state index is 12.3. The van der Waals surface area contributed by atoms with Crippen molar-refractivity contribution in [2.75, 3.05) is 6.61 Å². The molecule has 0 N–H and O–H groups in total. The number of ether oxygens (including phenoxy) is 2. The number of hydrogen-bond acceptors (Lipinski definition) is 5. The fourth-order valence-corrected chi connectivity index (χ4v) is 2.00. The zero-order chi connectivity index (χ0) is 17.0. The number of fused-ring (bicyclic) bond motifs is 1. The van der Waals surface area contributed by atoms with Crippen LogP contribution in [0.3, 0.4) is 0 Å². The molecule has 23 heavy (non-hydrogen) atoms. The van der Waals surface area contributed by atoms with Crippen LogP contribution in [0.25, 0.3) is 17.0 Å². The fraction of sp³-hybridized carbons (Fsp3) is 0.353. The molecule has 6 nitrogen and oxygen atoms in total. The van der Waals surface area contributed by atoms with E-state index in [1.54, 1.807) is 33.8 Å². The van der Waals surface area contributed by atoms with E-state index >= 15 is 0 Å². The minimum atomic E-state index is -0.620. The predicted molar refractivity (Wildman–Crippen MR) is 87.0 cm³/mol. The SMILES string of the molecule is CCOC(=O)C=Cc1nn(C(=O)OC(C)(C)C)c2ccccc12. The van der Waals surface area contributed by atoms with Crippen LogP contribution >= 0.6 is 0 Å². The Kier molecular flexibility index (Phi) is 4.83. The average molecular weight is 316 g/mol. The summed E-state index contributed by atoms with van der Waals surface area (Å²) in [4.78, 5) is 23.7. The molecule has 1 heterocycles. The van der Waals surface area contributed by atoms with Crippen molar-refractivity contribution >= 4 is 29.0 Å². The van der Waals surface area contributed by atoms with Gasteiger partial charge in [-0.15, -0.1) is 0 Å². The molecule has 0 saturated heterocycles. The first-order chi connectivity index (χ1) is 10.8. The van der Waals surface area contributed by atoms with Gasteiger partial charge in [-0.2, -0.15) is 9.78 Å². The van der Waals surface area contributed by atoms with Gasteiger partial charge in [0.2, 0.25) is 0 Å². The van der Waals surface area contributed by atoms with Gasteiger partial charge in [-0.1, -0.05) is 18.2 Å². The lowest BCUT2D eigenvalue weighted by Gasteiger charge is -2.19. The van der Waals surface area contributed by atoms with Crippen LogP contribution in [0.1, 0.15) is 33.4 Å². The van der Waals surface area contributed by atoms with E-state index in [1.165, 1.54) is 16.8 Å². The van der Waals surface area contributed by atoms with E-state index in [-0.39, 0.29) is 0 Å². The summed E-state index contributed by atoms with van der Waals surface area (Å²) in [7, 11) is 0. The van der Waals surface area contributed by atoms with E-state index in [4.69, 9.17) is 9.47 Å². The zero-order valence-corrected chi connectivity index (χ0v) is 13.7. The molecule has 0 saturated carbocycles. The van der Waals surface area contributed by atoms with Crippen molar-refractivity contribution in [3.05, 3.63) is 36.0 Å². The van der Waals surface area contributed by atoms with Crippen molar-refractivity contribution in [1.82, 2.24) is 9.78 Å². The monoisotopic (exact) mass is 316 g/mol. The molecule has 0 fully saturated rings. The Hall–Kier alpha value is -2.63. The summed E-state index contributed by atoms with van der Waals surface area (Å²) in [6.07, 6.45) is 2.25. The molecule has 1 aromatic carbocycles. The van der Waals surface area contributed by atoms with Gasteiger partial charge in [0.1, 0.15) is 5.60 Å². The lowest BCUT2D eigenvalue weighted by Crippen LogP contribution is -2.27. The first-order valence-electron chi connectivity index (χ1n) is 7.38. The number of benzene rings is 1. The second-order valence-corrected chi connectivity index (χ2v) is 5.88. The first kappa shape index (κ1) is 16.7. The quantitative estimate of drug-likeness (QED) is 0.641. The molecule has 2 rings (SSSR count). The molecule has 0 atom stereocenters. The Bertz CT molecular complexity index is 754. The van der Waals surface area contributed by atoms with E-state index in [0.717, 1.165) is 5.39 Å². The lowest BCUT2D eigenvalue weighted by atomic mass is 10.2. The third-order valence-corrected chi connectivity index (χ3v) is 2.85. The van der Waals surface area contributed by atoms with E-state index in [0.29, 0.717) is 17.8 Å². The highest BCUT2D eigenvalue weighted by Crippen LogP contribution is 2.21. The summed E-state index contributed by atoms with van der Waals surface area (Å²) < 4.78 is 11.4. The fourth-order valence-electron chi connectivity index (χ4n) is 2.00. The van der Waals surface area contributed by atoms with Crippen molar-refractivity contribution in [3.8, 4) is 0 Å². The van der Waals surface area contributed by atoms with Crippen molar-refractivity contribution < 1.29 is 19.1 Å². The number of rotatable bonds is 3. The van der Waals surface area contributed by atoms with Gasteiger partial charge in [-0.25, -0.2) is 9.59 Å². The Labute approximate surface area is 134 Å². The van der Waals surface area contributed by atoms with Gasteiger partial charge in [0, 0.05) is 11.5 Å². The maximum atomic E-state index is 12.3. The molecule has 1 aromatic heterocycles. The minimum absolute atomic E-state index is 0.302. The van der Waals surface area contributed by atoms with Crippen LogP contribution in [0.4, 0.5) is 4.79 Å². The van der Waals surface area contributed by atoms with E-state index in [2.05, 4.69) is 5.10 Å². The van der Waals surface area contributed by atoms with Crippen LogP contribution < -0.4 is 0 Å². The normalized spacial score (nSPS) is 11.8. The summed E-state index contributed by atoms with van der Waals surface area (Å²) in [6, 6.07) is 7.25. The molecule has 0 aliphatic carbocycles. The van der Waals surface area contributed by atoms with Crippen molar-refractivity contribution in [3.63, 3.8) is 0 Å². The predicted octanol–water partition coefficient (Wildman–Crippen LogP) is 3.40. The second-order valence-electron chi connectivity index (χ2n) is 5.88. The largest absolute Gasteiger partial charge is 0.463 e. The Morgan fingerprint density at radius 1 is 1.26 bits per heavy atom. The van der Waals surface area contributed by atoms with E-state index in [1.807, 2.05) is 18.2 Å². The topological polar surface area (TPSA) is 70.4 Å². The standard InChI is InChI=1S/C17H20N2O4/c1-5-22-15(20)11-10-13-12-8-6-7-9-14(12)19(18-13)16(21)23-17(2,3)4/h6-11H,5H2,1-4H3. The molecule has 0 radical (unpaired) electrons. The van der Waals surface area contributed by atoms with Gasteiger partial charge >= 0.3 is 12.1 Å². The number of esters is 1. The summed E-state index contributed by atoms with van der Waals surface area (Å²) in [5.41, 5.74) is 0.496. The van der Waals surface area contributed by atoms with E-state index in [9.17, 15) is 9.59 Å². The number of hydrogen-bond donors (Lipinski definition) is 0. The Morgan fingerprint density at radius 3 is 2.61 bits per heavy atom. The van der Waals surface area contributed by atoms with Crippen LogP contribution in [0.2, 0.25) is 0 Å². The third-order valence-electron chi connectivity index (χ3n) is 2.85. The highest BCUT2D eigenvalue weighted by molar-refractivity contribution is 5.95. The molecule has 2 aromatic rings.